The van der Waals surface area contributed by atoms with Crippen LogP contribution in [0.15, 0.2) is 43.0 Å². The number of nitrogens with zero attached hydrogens (tertiary/aromatic N) is 3. The van der Waals surface area contributed by atoms with Gasteiger partial charge in [0.2, 0.25) is 0 Å². The fourth-order valence-corrected chi connectivity index (χ4v) is 3.92. The molecule has 2 fully saturated rings. The Morgan fingerprint density at radius 3 is 3.07 bits per heavy atom. The highest BCUT2D eigenvalue weighted by molar-refractivity contribution is 5.70. The van der Waals surface area contributed by atoms with Crippen LogP contribution in [-0.4, -0.2) is 52.4 Å². The molecule has 2 aliphatic heterocycles. The Balaban J connectivity index is 1.32. The summed E-state index contributed by atoms with van der Waals surface area (Å²) < 4.78 is 13.7. The molecule has 1 aromatic carbocycles. The average Bonchev–Trinajstić information content (AvgIpc) is 3.30. The van der Waals surface area contributed by atoms with Gasteiger partial charge < -0.3 is 19.4 Å². The van der Waals surface area contributed by atoms with E-state index in [1.54, 1.807) is 6.20 Å². The number of amides is 1. The summed E-state index contributed by atoms with van der Waals surface area (Å²) in [4.78, 5) is 17.9. The fourth-order valence-electron chi connectivity index (χ4n) is 3.92. The van der Waals surface area contributed by atoms with Crippen LogP contribution in [0.1, 0.15) is 24.8 Å². The highest BCUT2D eigenvalue weighted by Crippen LogP contribution is 2.30. The van der Waals surface area contributed by atoms with Crippen LogP contribution in [0.25, 0.3) is 0 Å². The van der Waals surface area contributed by atoms with E-state index in [0.29, 0.717) is 13.2 Å². The largest absolute Gasteiger partial charge is 0.493 e. The maximum atomic E-state index is 11.5. The van der Waals surface area contributed by atoms with Crippen LogP contribution < -0.4 is 10.1 Å². The van der Waals surface area contributed by atoms with Crippen molar-refractivity contribution in [3.63, 3.8) is 0 Å². The number of nitrogens with one attached hydrogen (secondary N) is 1. The normalized spacial score (nSPS) is 22.6. The van der Waals surface area contributed by atoms with Gasteiger partial charge >= 0.3 is 6.09 Å². The Morgan fingerprint density at radius 2 is 2.26 bits per heavy atom. The van der Waals surface area contributed by atoms with Crippen LogP contribution in [0.5, 0.6) is 5.75 Å². The third-order valence-corrected chi connectivity index (χ3v) is 5.23. The summed E-state index contributed by atoms with van der Waals surface area (Å²) >= 11 is 0. The maximum absolute atomic E-state index is 11.5. The molecule has 0 unspecified atom stereocenters. The van der Waals surface area contributed by atoms with Gasteiger partial charge in [0.15, 0.2) is 0 Å². The summed E-state index contributed by atoms with van der Waals surface area (Å²) in [5, 5.41) is 2.80. The molecule has 144 valence electrons. The lowest BCUT2D eigenvalue weighted by molar-refractivity contribution is -0.0113. The van der Waals surface area contributed by atoms with Gasteiger partial charge in [-0.15, -0.1) is 0 Å². The molecule has 1 amide bonds. The molecule has 1 atom stereocenters. The van der Waals surface area contributed by atoms with E-state index in [2.05, 4.69) is 25.8 Å². The van der Waals surface area contributed by atoms with Gasteiger partial charge in [-0.1, -0.05) is 18.2 Å². The fraction of sp³-hybridized carbons (Fsp3) is 0.500. The van der Waals surface area contributed by atoms with Crippen molar-refractivity contribution in [1.29, 1.82) is 0 Å². The quantitative estimate of drug-likeness (QED) is 0.758. The van der Waals surface area contributed by atoms with Gasteiger partial charge in [0, 0.05) is 37.6 Å². The van der Waals surface area contributed by atoms with E-state index in [1.807, 2.05) is 30.7 Å². The van der Waals surface area contributed by atoms with Gasteiger partial charge in [-0.2, -0.15) is 0 Å². The maximum Gasteiger partial charge on any atom is 0.407 e. The number of hydrogen-bond acceptors (Lipinski definition) is 5. The SMILES string of the molecule is O=C1NC[C@]2(CCCN(Cc3ccccc3OCCCn3ccnc3)C2)O1. The van der Waals surface area contributed by atoms with Crippen LogP contribution in [-0.2, 0) is 17.8 Å². The highest BCUT2D eigenvalue weighted by atomic mass is 16.6. The molecule has 0 bridgehead atoms. The first-order valence-electron chi connectivity index (χ1n) is 9.58. The number of para-hydroxylation sites is 1. The number of likely N-dealkylation sites (tertiary alicyclic amines) is 1. The van der Waals surface area contributed by atoms with Gasteiger partial charge in [0.25, 0.3) is 0 Å². The standard InChI is InChI=1S/C20H26N4O3/c25-19-22-14-20(27-19)7-3-9-24(15-20)13-17-5-1-2-6-18(17)26-12-4-10-23-11-8-21-16-23/h1-2,5-6,8,11,16H,3-4,7,9-10,12-15H2,(H,22,25)/t20-/m0/s1. The zero-order valence-corrected chi connectivity index (χ0v) is 15.5. The Labute approximate surface area is 159 Å². The second-order valence-corrected chi connectivity index (χ2v) is 7.35. The van der Waals surface area contributed by atoms with Crippen molar-refractivity contribution in [2.24, 2.45) is 0 Å². The first-order valence-corrected chi connectivity index (χ1v) is 9.58. The summed E-state index contributed by atoms with van der Waals surface area (Å²) in [5.74, 6) is 0.935. The van der Waals surface area contributed by atoms with Crippen LogP contribution in [0.3, 0.4) is 0 Å². The molecule has 1 N–H and O–H groups in total. The van der Waals surface area contributed by atoms with E-state index in [4.69, 9.17) is 9.47 Å². The van der Waals surface area contributed by atoms with E-state index in [0.717, 1.165) is 51.2 Å². The summed E-state index contributed by atoms with van der Waals surface area (Å²) in [5.41, 5.74) is 0.810. The third kappa shape index (κ3) is 4.42. The molecule has 2 aliphatic rings. The minimum Gasteiger partial charge on any atom is -0.493 e. The van der Waals surface area contributed by atoms with Crippen molar-refractivity contribution in [1.82, 2.24) is 19.8 Å². The van der Waals surface area contributed by atoms with Crippen molar-refractivity contribution < 1.29 is 14.3 Å². The number of benzene rings is 1. The van der Waals surface area contributed by atoms with E-state index in [-0.39, 0.29) is 11.7 Å². The average molecular weight is 370 g/mol. The van der Waals surface area contributed by atoms with E-state index in [1.165, 1.54) is 5.56 Å². The highest BCUT2D eigenvalue weighted by Gasteiger charge is 2.43. The number of piperidine rings is 1. The smallest absolute Gasteiger partial charge is 0.407 e. The molecule has 0 radical (unpaired) electrons. The first kappa shape index (κ1) is 17.9. The lowest BCUT2D eigenvalue weighted by atomic mass is 9.92. The molecule has 1 spiro atoms. The number of carbonyl (C=O) groups is 1. The summed E-state index contributed by atoms with van der Waals surface area (Å²) in [7, 11) is 0. The molecule has 4 rings (SSSR count). The topological polar surface area (TPSA) is 68.6 Å². The minimum absolute atomic E-state index is 0.293. The Hall–Kier alpha value is -2.54. The van der Waals surface area contributed by atoms with Gasteiger partial charge in [-0.05, 0) is 31.9 Å². The van der Waals surface area contributed by atoms with Gasteiger partial charge in [0.1, 0.15) is 11.4 Å². The van der Waals surface area contributed by atoms with Crippen molar-refractivity contribution >= 4 is 6.09 Å². The zero-order chi connectivity index (χ0) is 18.5. The second kappa shape index (κ2) is 8.00. The number of ether oxygens (including phenoxy) is 2. The molecular weight excluding hydrogens is 344 g/mol. The van der Waals surface area contributed by atoms with Crippen LogP contribution in [0, 0.1) is 0 Å². The number of rotatable bonds is 7. The Bertz CT molecular complexity index is 764. The molecule has 7 heteroatoms. The second-order valence-electron chi connectivity index (χ2n) is 7.35. The van der Waals surface area contributed by atoms with Gasteiger partial charge in [-0.25, -0.2) is 9.78 Å². The monoisotopic (exact) mass is 370 g/mol. The Kier molecular flexibility index (Phi) is 5.29. The third-order valence-electron chi connectivity index (χ3n) is 5.23. The van der Waals surface area contributed by atoms with Crippen molar-refractivity contribution in [3.05, 3.63) is 48.5 Å². The summed E-state index contributed by atoms with van der Waals surface area (Å²) in [6, 6.07) is 8.20. The van der Waals surface area contributed by atoms with Crippen LogP contribution >= 0.6 is 0 Å². The van der Waals surface area contributed by atoms with E-state index >= 15 is 0 Å². The number of imidazole rings is 1. The first-order chi connectivity index (χ1) is 13.2. The van der Waals surface area contributed by atoms with E-state index < -0.39 is 0 Å². The van der Waals surface area contributed by atoms with Crippen molar-refractivity contribution in [2.45, 2.75) is 38.0 Å². The number of alkyl carbamates (subject to hydrolysis) is 1. The number of carbonyl (C=O) groups excluding carboxylic acids is 1. The number of aryl methyl sites for hydroxylation is 1. The molecule has 2 saturated heterocycles. The van der Waals surface area contributed by atoms with Crippen molar-refractivity contribution in [3.8, 4) is 5.75 Å². The zero-order valence-electron chi connectivity index (χ0n) is 15.5. The predicted molar refractivity (Wildman–Crippen MR) is 101 cm³/mol. The van der Waals surface area contributed by atoms with Gasteiger partial charge in [0.05, 0.1) is 19.5 Å². The molecule has 3 heterocycles. The van der Waals surface area contributed by atoms with Crippen LogP contribution in [0.2, 0.25) is 0 Å². The summed E-state index contributed by atoms with van der Waals surface area (Å²) in [6.07, 6.45) is 8.17. The minimum atomic E-state index is -0.365. The molecule has 0 aliphatic carbocycles. The van der Waals surface area contributed by atoms with Gasteiger partial charge in [-0.3, -0.25) is 4.90 Å². The molecule has 2 aromatic rings. The predicted octanol–water partition coefficient (Wildman–Crippen LogP) is 2.43. The molecular formula is C20H26N4O3. The molecule has 27 heavy (non-hydrogen) atoms. The molecule has 1 aromatic heterocycles. The van der Waals surface area contributed by atoms with Crippen LogP contribution in [0.4, 0.5) is 4.79 Å². The van der Waals surface area contributed by atoms with Crippen molar-refractivity contribution in [2.75, 3.05) is 26.2 Å². The Morgan fingerprint density at radius 1 is 1.33 bits per heavy atom. The lowest BCUT2D eigenvalue weighted by Gasteiger charge is -2.38. The summed E-state index contributed by atoms with van der Waals surface area (Å²) in [6.45, 7) is 4.75. The number of hydrogen-bond donors (Lipinski definition) is 1. The van der Waals surface area contributed by atoms with E-state index in [9.17, 15) is 4.79 Å². The lowest BCUT2D eigenvalue weighted by Crippen LogP contribution is -2.50. The molecule has 0 saturated carbocycles. The number of aromatic nitrogens is 2. The molecule has 7 nitrogen and oxygen atoms in total.